The lowest BCUT2D eigenvalue weighted by Gasteiger charge is -2.10. The SMILES string of the molecule is C#CCNC(=O)COc1c(Cl)cc(S(N)(=O)=O)cc1Cl. The van der Waals surface area contributed by atoms with Gasteiger partial charge in [-0.25, -0.2) is 13.6 Å². The highest BCUT2D eigenvalue weighted by molar-refractivity contribution is 7.89. The quantitative estimate of drug-likeness (QED) is 0.776. The lowest BCUT2D eigenvalue weighted by molar-refractivity contribution is -0.122. The van der Waals surface area contributed by atoms with Gasteiger partial charge in [0.25, 0.3) is 5.91 Å². The number of benzene rings is 1. The molecule has 0 atom stereocenters. The number of carbonyl (C=O) groups excluding carboxylic acids is 1. The largest absolute Gasteiger partial charge is 0.481 e. The molecule has 0 bridgehead atoms. The number of nitrogens with two attached hydrogens (primary N) is 1. The topological polar surface area (TPSA) is 98.5 Å². The molecule has 1 aromatic carbocycles. The van der Waals surface area contributed by atoms with E-state index < -0.39 is 15.9 Å². The standard InChI is InChI=1S/C11H10Cl2N2O4S/c1-2-3-15-10(16)6-19-11-8(12)4-7(5-9(11)13)20(14,17)18/h1,4-5H,3,6H2,(H,15,16)(H2,14,17,18). The molecule has 1 rings (SSSR count). The fourth-order valence-corrected chi connectivity index (χ4v) is 2.47. The first kappa shape index (κ1) is 16.6. The van der Waals surface area contributed by atoms with Crippen molar-refractivity contribution in [1.82, 2.24) is 5.32 Å². The van der Waals surface area contributed by atoms with Gasteiger partial charge in [-0.2, -0.15) is 0 Å². The van der Waals surface area contributed by atoms with Crippen LogP contribution in [0.5, 0.6) is 5.75 Å². The molecule has 0 aliphatic rings. The smallest absolute Gasteiger partial charge is 0.258 e. The van der Waals surface area contributed by atoms with Crippen molar-refractivity contribution >= 4 is 39.1 Å². The molecule has 0 radical (unpaired) electrons. The Kier molecular flexibility index (Phi) is 5.65. The molecule has 0 aliphatic carbocycles. The molecule has 0 saturated heterocycles. The zero-order valence-corrected chi connectivity index (χ0v) is 12.3. The van der Waals surface area contributed by atoms with E-state index in [1.54, 1.807) is 0 Å². The van der Waals surface area contributed by atoms with Gasteiger partial charge in [0.15, 0.2) is 12.4 Å². The van der Waals surface area contributed by atoms with Crippen LogP contribution in [0.15, 0.2) is 17.0 Å². The van der Waals surface area contributed by atoms with E-state index in [4.69, 9.17) is 39.5 Å². The van der Waals surface area contributed by atoms with Crippen LogP contribution in [-0.4, -0.2) is 27.5 Å². The number of amides is 1. The Morgan fingerprint density at radius 1 is 1.40 bits per heavy atom. The maximum Gasteiger partial charge on any atom is 0.258 e. The number of hydrogen-bond acceptors (Lipinski definition) is 4. The molecule has 20 heavy (non-hydrogen) atoms. The summed E-state index contributed by atoms with van der Waals surface area (Å²) in [5.74, 6) is 1.74. The van der Waals surface area contributed by atoms with E-state index in [1.165, 1.54) is 0 Å². The molecule has 6 nitrogen and oxygen atoms in total. The van der Waals surface area contributed by atoms with Crippen LogP contribution in [0.2, 0.25) is 10.0 Å². The van der Waals surface area contributed by atoms with Crippen molar-refractivity contribution in [1.29, 1.82) is 0 Å². The molecule has 0 heterocycles. The van der Waals surface area contributed by atoms with E-state index in [-0.39, 0.29) is 33.8 Å². The minimum atomic E-state index is -3.93. The Labute approximate surface area is 126 Å². The molecule has 3 N–H and O–H groups in total. The first-order valence-electron chi connectivity index (χ1n) is 5.10. The summed E-state index contributed by atoms with van der Waals surface area (Å²) in [7, 11) is -3.93. The number of terminal acetylenes is 1. The van der Waals surface area contributed by atoms with Crippen LogP contribution < -0.4 is 15.2 Å². The second-order valence-corrected chi connectivity index (χ2v) is 5.91. The Morgan fingerprint density at radius 2 is 1.95 bits per heavy atom. The van der Waals surface area contributed by atoms with E-state index in [2.05, 4.69) is 11.2 Å². The Morgan fingerprint density at radius 3 is 2.40 bits per heavy atom. The maximum absolute atomic E-state index is 11.3. The molecule has 9 heteroatoms. The molecule has 0 fully saturated rings. The number of nitrogens with one attached hydrogen (secondary N) is 1. The molecule has 1 amide bonds. The van der Waals surface area contributed by atoms with Crippen molar-refractivity contribution in [3.63, 3.8) is 0 Å². The summed E-state index contributed by atoms with van der Waals surface area (Å²) in [6.07, 6.45) is 4.97. The molecule has 108 valence electrons. The summed E-state index contributed by atoms with van der Waals surface area (Å²) in [5.41, 5.74) is 0. The third kappa shape index (κ3) is 4.58. The van der Waals surface area contributed by atoms with Crippen LogP contribution in [0.4, 0.5) is 0 Å². The highest BCUT2D eigenvalue weighted by Crippen LogP contribution is 2.35. The van der Waals surface area contributed by atoms with E-state index in [9.17, 15) is 13.2 Å². The lowest BCUT2D eigenvalue weighted by Crippen LogP contribution is -2.29. The number of hydrogen-bond donors (Lipinski definition) is 2. The third-order valence-corrected chi connectivity index (χ3v) is 3.49. The Hall–Kier alpha value is -1.46. The number of primary sulfonamides is 1. The van der Waals surface area contributed by atoms with Crippen molar-refractivity contribution in [3.8, 4) is 18.1 Å². The average molecular weight is 337 g/mol. The van der Waals surface area contributed by atoms with E-state index in [1.807, 2.05) is 0 Å². The minimum absolute atomic E-state index is 0.0170. The van der Waals surface area contributed by atoms with E-state index >= 15 is 0 Å². The third-order valence-electron chi connectivity index (χ3n) is 2.04. The van der Waals surface area contributed by atoms with Gasteiger partial charge in [0, 0.05) is 0 Å². The van der Waals surface area contributed by atoms with Gasteiger partial charge in [-0.1, -0.05) is 29.1 Å². The van der Waals surface area contributed by atoms with Gasteiger partial charge in [0.1, 0.15) is 0 Å². The van der Waals surface area contributed by atoms with Gasteiger partial charge in [-0.05, 0) is 12.1 Å². The maximum atomic E-state index is 11.3. The number of sulfonamides is 1. The summed E-state index contributed by atoms with van der Waals surface area (Å²) in [4.78, 5) is 11.0. The molecule has 0 aliphatic heterocycles. The summed E-state index contributed by atoms with van der Waals surface area (Å²) >= 11 is 11.7. The van der Waals surface area contributed by atoms with Crippen LogP contribution in [-0.2, 0) is 14.8 Å². The van der Waals surface area contributed by atoms with Gasteiger partial charge < -0.3 is 10.1 Å². The van der Waals surface area contributed by atoms with Crippen LogP contribution >= 0.6 is 23.2 Å². The summed E-state index contributed by atoms with van der Waals surface area (Å²) in [5, 5.41) is 7.17. The van der Waals surface area contributed by atoms with Gasteiger partial charge >= 0.3 is 0 Å². The van der Waals surface area contributed by atoms with Crippen LogP contribution in [0, 0.1) is 12.3 Å². The molecule has 0 spiro atoms. The summed E-state index contributed by atoms with van der Waals surface area (Å²) in [6, 6.07) is 2.16. The predicted molar refractivity (Wildman–Crippen MR) is 75.2 cm³/mol. The van der Waals surface area contributed by atoms with Gasteiger partial charge in [0.05, 0.1) is 21.5 Å². The fraction of sp³-hybridized carbons (Fsp3) is 0.182. The minimum Gasteiger partial charge on any atom is -0.481 e. The number of halogens is 2. The first-order valence-corrected chi connectivity index (χ1v) is 7.40. The van der Waals surface area contributed by atoms with Crippen molar-refractivity contribution in [3.05, 3.63) is 22.2 Å². The fourth-order valence-electron chi connectivity index (χ4n) is 1.18. The summed E-state index contributed by atoms with van der Waals surface area (Å²) in [6.45, 7) is -0.302. The average Bonchev–Trinajstić information content (AvgIpc) is 2.34. The first-order chi connectivity index (χ1) is 9.25. The number of carbonyl (C=O) groups is 1. The van der Waals surface area contributed by atoms with Crippen molar-refractivity contribution < 1.29 is 17.9 Å². The number of rotatable bonds is 5. The molecular weight excluding hydrogens is 327 g/mol. The second-order valence-electron chi connectivity index (χ2n) is 3.53. The van der Waals surface area contributed by atoms with Crippen LogP contribution in [0.1, 0.15) is 0 Å². The molecule has 0 saturated carbocycles. The monoisotopic (exact) mass is 336 g/mol. The van der Waals surface area contributed by atoms with Crippen LogP contribution in [0.3, 0.4) is 0 Å². The normalized spacial score (nSPS) is 10.7. The van der Waals surface area contributed by atoms with Gasteiger partial charge in [-0.3, -0.25) is 4.79 Å². The Balaban J connectivity index is 2.88. The zero-order chi connectivity index (χ0) is 15.3. The molecular formula is C11H10Cl2N2O4S. The van der Waals surface area contributed by atoms with Crippen molar-refractivity contribution in [2.75, 3.05) is 13.2 Å². The van der Waals surface area contributed by atoms with Crippen LogP contribution in [0.25, 0.3) is 0 Å². The molecule has 0 unspecified atom stereocenters. The van der Waals surface area contributed by atoms with Gasteiger partial charge in [0.2, 0.25) is 10.0 Å². The number of ether oxygens (including phenoxy) is 1. The van der Waals surface area contributed by atoms with E-state index in [0.717, 1.165) is 12.1 Å². The second kappa shape index (κ2) is 6.81. The van der Waals surface area contributed by atoms with Gasteiger partial charge in [-0.15, -0.1) is 6.42 Å². The highest BCUT2D eigenvalue weighted by atomic mass is 35.5. The predicted octanol–water partition coefficient (Wildman–Crippen LogP) is 0.769. The molecule has 0 aromatic heterocycles. The Bertz CT molecular complexity index is 644. The molecule has 1 aromatic rings. The summed E-state index contributed by atoms with van der Waals surface area (Å²) < 4.78 is 27.5. The lowest BCUT2D eigenvalue weighted by atomic mass is 10.3. The van der Waals surface area contributed by atoms with Crippen molar-refractivity contribution in [2.24, 2.45) is 5.14 Å². The van der Waals surface area contributed by atoms with E-state index in [0.29, 0.717) is 0 Å². The highest BCUT2D eigenvalue weighted by Gasteiger charge is 2.16. The van der Waals surface area contributed by atoms with Crippen molar-refractivity contribution in [2.45, 2.75) is 4.90 Å². The zero-order valence-electron chi connectivity index (χ0n) is 10.0.